The van der Waals surface area contributed by atoms with E-state index in [1.165, 1.54) is 12.8 Å². The van der Waals surface area contributed by atoms with Gasteiger partial charge in [0.15, 0.2) is 5.96 Å². The summed E-state index contributed by atoms with van der Waals surface area (Å²) in [7, 11) is 1.72. The van der Waals surface area contributed by atoms with Gasteiger partial charge in [-0.05, 0) is 50.8 Å². The van der Waals surface area contributed by atoms with Gasteiger partial charge in [0, 0.05) is 48.8 Å². The number of hydrogen-bond acceptors (Lipinski definition) is 3. The fourth-order valence-electron chi connectivity index (χ4n) is 3.95. The molecule has 0 unspecified atom stereocenters. The van der Waals surface area contributed by atoms with E-state index in [-0.39, 0.29) is 29.4 Å². The Morgan fingerprint density at radius 1 is 1.30 bits per heavy atom. The number of methoxy groups -OCH3 is 1. The molecule has 2 saturated heterocycles. The summed E-state index contributed by atoms with van der Waals surface area (Å²) in [5.41, 5.74) is 1.05. The number of rotatable bonds is 5. The molecular formula is C20H31ClIN3O2. The largest absolute Gasteiger partial charge is 0.496 e. The van der Waals surface area contributed by atoms with Crippen LogP contribution in [0.15, 0.2) is 23.2 Å². The van der Waals surface area contributed by atoms with E-state index >= 15 is 0 Å². The first-order chi connectivity index (χ1) is 12.7. The SMILES string of the molecule is CCNC(=NCC1(c2cc(Cl)ccc2OC)CCOCC1)N1CCCC1.I. The summed E-state index contributed by atoms with van der Waals surface area (Å²) in [5.74, 6) is 1.91. The van der Waals surface area contributed by atoms with Gasteiger partial charge in [0.05, 0.1) is 13.7 Å². The Labute approximate surface area is 184 Å². The second-order valence-electron chi connectivity index (χ2n) is 7.10. The van der Waals surface area contributed by atoms with Crippen LogP contribution < -0.4 is 10.1 Å². The van der Waals surface area contributed by atoms with Gasteiger partial charge in [0.2, 0.25) is 0 Å². The van der Waals surface area contributed by atoms with Crippen molar-refractivity contribution in [3.63, 3.8) is 0 Å². The van der Waals surface area contributed by atoms with E-state index in [1.807, 2.05) is 18.2 Å². The van der Waals surface area contributed by atoms with Crippen molar-refractivity contribution in [2.75, 3.05) is 46.5 Å². The molecule has 2 aliphatic rings. The number of guanidine groups is 1. The maximum Gasteiger partial charge on any atom is 0.193 e. The third-order valence-electron chi connectivity index (χ3n) is 5.45. The molecular weight excluding hydrogens is 477 g/mol. The van der Waals surface area contributed by atoms with Crippen LogP contribution in [0, 0.1) is 0 Å². The quantitative estimate of drug-likeness (QED) is 0.371. The Morgan fingerprint density at radius 3 is 2.63 bits per heavy atom. The van der Waals surface area contributed by atoms with Crippen LogP contribution >= 0.6 is 35.6 Å². The van der Waals surface area contributed by atoms with Gasteiger partial charge in [0.1, 0.15) is 5.75 Å². The third kappa shape index (κ3) is 5.41. The lowest BCUT2D eigenvalue weighted by Gasteiger charge is -2.38. The van der Waals surface area contributed by atoms with Crippen molar-refractivity contribution >= 4 is 41.5 Å². The zero-order chi connectivity index (χ0) is 18.4. The van der Waals surface area contributed by atoms with Crippen molar-refractivity contribution in [3.8, 4) is 5.75 Å². The molecule has 27 heavy (non-hydrogen) atoms. The van der Waals surface area contributed by atoms with E-state index in [1.54, 1.807) is 7.11 Å². The smallest absolute Gasteiger partial charge is 0.193 e. The molecule has 2 heterocycles. The lowest BCUT2D eigenvalue weighted by Crippen LogP contribution is -2.42. The third-order valence-corrected chi connectivity index (χ3v) is 5.69. The van der Waals surface area contributed by atoms with Crippen molar-refractivity contribution in [1.82, 2.24) is 10.2 Å². The van der Waals surface area contributed by atoms with Crippen molar-refractivity contribution in [2.45, 2.75) is 38.0 Å². The van der Waals surface area contributed by atoms with Crippen LogP contribution in [0.25, 0.3) is 0 Å². The summed E-state index contributed by atoms with van der Waals surface area (Å²) in [6, 6.07) is 5.89. The minimum atomic E-state index is -0.102. The number of ether oxygens (including phenoxy) is 2. The molecule has 0 aromatic heterocycles. The predicted octanol–water partition coefficient (Wildman–Crippen LogP) is 4.08. The number of aliphatic imine (C=N–C) groups is 1. The van der Waals surface area contributed by atoms with Crippen molar-refractivity contribution < 1.29 is 9.47 Å². The van der Waals surface area contributed by atoms with E-state index in [4.69, 9.17) is 26.1 Å². The average molecular weight is 508 g/mol. The Morgan fingerprint density at radius 2 is 2.00 bits per heavy atom. The Bertz CT molecular complexity index is 630. The summed E-state index contributed by atoms with van der Waals surface area (Å²) in [6.07, 6.45) is 4.33. The van der Waals surface area contributed by atoms with Gasteiger partial charge >= 0.3 is 0 Å². The number of benzene rings is 1. The zero-order valence-electron chi connectivity index (χ0n) is 16.3. The van der Waals surface area contributed by atoms with Crippen LogP contribution in [-0.2, 0) is 10.2 Å². The van der Waals surface area contributed by atoms with E-state index < -0.39 is 0 Å². The van der Waals surface area contributed by atoms with Gasteiger partial charge in [0.25, 0.3) is 0 Å². The summed E-state index contributed by atoms with van der Waals surface area (Å²) >= 11 is 6.33. The molecule has 0 amide bonds. The molecule has 3 rings (SSSR count). The minimum absolute atomic E-state index is 0. The maximum atomic E-state index is 6.33. The van der Waals surface area contributed by atoms with Crippen LogP contribution in [0.1, 0.15) is 38.2 Å². The van der Waals surface area contributed by atoms with E-state index in [9.17, 15) is 0 Å². The Hall–Kier alpha value is -0.730. The highest BCUT2D eigenvalue weighted by Crippen LogP contribution is 2.41. The molecule has 0 bridgehead atoms. The molecule has 7 heteroatoms. The van der Waals surface area contributed by atoms with Crippen LogP contribution in [0.5, 0.6) is 5.75 Å². The topological polar surface area (TPSA) is 46.1 Å². The van der Waals surface area contributed by atoms with Crippen LogP contribution in [0.4, 0.5) is 0 Å². The zero-order valence-corrected chi connectivity index (χ0v) is 19.4. The number of hydrogen-bond donors (Lipinski definition) is 1. The molecule has 1 aromatic carbocycles. The fraction of sp³-hybridized carbons (Fsp3) is 0.650. The first kappa shape index (κ1) is 22.6. The molecule has 0 radical (unpaired) electrons. The van der Waals surface area contributed by atoms with E-state index in [0.29, 0.717) is 6.54 Å². The fourth-order valence-corrected chi connectivity index (χ4v) is 4.12. The van der Waals surface area contributed by atoms with Gasteiger partial charge < -0.3 is 19.7 Å². The number of halogens is 2. The highest BCUT2D eigenvalue weighted by molar-refractivity contribution is 14.0. The molecule has 1 N–H and O–H groups in total. The highest BCUT2D eigenvalue weighted by atomic mass is 127. The molecule has 2 aliphatic heterocycles. The van der Waals surface area contributed by atoms with E-state index in [2.05, 4.69) is 17.1 Å². The number of nitrogens with one attached hydrogen (secondary N) is 1. The summed E-state index contributed by atoms with van der Waals surface area (Å²) < 4.78 is 11.3. The lowest BCUT2D eigenvalue weighted by atomic mass is 9.73. The van der Waals surface area contributed by atoms with Gasteiger partial charge in [-0.15, -0.1) is 24.0 Å². The summed E-state index contributed by atoms with van der Waals surface area (Å²) in [4.78, 5) is 7.42. The van der Waals surface area contributed by atoms with Crippen LogP contribution in [-0.4, -0.2) is 57.4 Å². The molecule has 5 nitrogen and oxygen atoms in total. The summed E-state index contributed by atoms with van der Waals surface area (Å²) in [6.45, 7) is 7.37. The molecule has 0 spiro atoms. The molecule has 1 aromatic rings. The second-order valence-corrected chi connectivity index (χ2v) is 7.54. The first-order valence-electron chi connectivity index (χ1n) is 9.63. The lowest BCUT2D eigenvalue weighted by molar-refractivity contribution is 0.0522. The molecule has 0 aliphatic carbocycles. The van der Waals surface area contributed by atoms with Crippen molar-refractivity contribution in [1.29, 1.82) is 0 Å². The normalized spacial score (nSPS) is 19.5. The number of likely N-dealkylation sites (tertiary alicyclic amines) is 1. The monoisotopic (exact) mass is 507 g/mol. The number of nitrogens with zero attached hydrogens (tertiary/aromatic N) is 2. The van der Waals surface area contributed by atoms with Gasteiger partial charge in [-0.3, -0.25) is 4.99 Å². The van der Waals surface area contributed by atoms with Crippen molar-refractivity contribution in [2.24, 2.45) is 4.99 Å². The first-order valence-corrected chi connectivity index (χ1v) is 10.0. The van der Waals surface area contributed by atoms with Crippen LogP contribution in [0.2, 0.25) is 5.02 Å². The van der Waals surface area contributed by atoms with Gasteiger partial charge in [-0.25, -0.2) is 0 Å². The minimum Gasteiger partial charge on any atom is -0.496 e. The Balaban J connectivity index is 0.00000261. The molecule has 0 saturated carbocycles. The molecule has 2 fully saturated rings. The second kappa shape index (κ2) is 10.7. The summed E-state index contributed by atoms with van der Waals surface area (Å²) in [5, 5.41) is 4.20. The Kier molecular flexibility index (Phi) is 8.95. The predicted molar refractivity (Wildman–Crippen MR) is 122 cm³/mol. The highest BCUT2D eigenvalue weighted by Gasteiger charge is 2.37. The standard InChI is InChI=1S/C20H30ClN3O2.HI/c1-3-22-19(24-10-4-5-11-24)23-15-20(8-12-26-13-9-20)17-14-16(21)6-7-18(17)25-2;/h6-7,14H,3-5,8-13,15H2,1-2H3,(H,22,23);1H. The van der Waals surface area contributed by atoms with Gasteiger partial charge in [-0.2, -0.15) is 0 Å². The average Bonchev–Trinajstić information content (AvgIpc) is 3.20. The molecule has 0 atom stereocenters. The molecule has 152 valence electrons. The van der Waals surface area contributed by atoms with Crippen molar-refractivity contribution in [3.05, 3.63) is 28.8 Å². The van der Waals surface area contributed by atoms with Gasteiger partial charge in [-0.1, -0.05) is 11.6 Å². The maximum absolute atomic E-state index is 6.33. The van der Waals surface area contributed by atoms with Crippen LogP contribution in [0.3, 0.4) is 0 Å². The van der Waals surface area contributed by atoms with E-state index in [0.717, 1.165) is 68.0 Å².